The van der Waals surface area contributed by atoms with Crippen LogP contribution in [-0.4, -0.2) is 23.3 Å². The number of hydrogen-bond donors (Lipinski definition) is 2. The summed E-state index contributed by atoms with van der Waals surface area (Å²) < 4.78 is 6.59. The van der Waals surface area contributed by atoms with Gasteiger partial charge in [0, 0.05) is 15.4 Å². The van der Waals surface area contributed by atoms with Gasteiger partial charge in [-0.3, -0.25) is 4.79 Å². The first-order valence-electron chi connectivity index (χ1n) is 8.00. The Hall–Kier alpha value is -2.86. The highest BCUT2D eigenvalue weighted by Crippen LogP contribution is 2.26. The molecular formula is C20H17BrN2O3. The highest BCUT2D eigenvalue weighted by Gasteiger charge is 2.15. The lowest BCUT2D eigenvalue weighted by atomic mass is 10.1. The predicted molar refractivity (Wildman–Crippen MR) is 106 cm³/mol. The minimum Gasteiger partial charge on any atom is -0.507 e. The van der Waals surface area contributed by atoms with Crippen LogP contribution in [0.25, 0.3) is 10.8 Å². The summed E-state index contributed by atoms with van der Waals surface area (Å²) in [5.74, 6) is 0.328. The van der Waals surface area contributed by atoms with Crippen LogP contribution in [0.3, 0.4) is 0 Å². The lowest BCUT2D eigenvalue weighted by Crippen LogP contribution is -2.33. The first-order valence-corrected chi connectivity index (χ1v) is 8.80. The van der Waals surface area contributed by atoms with E-state index in [4.69, 9.17) is 4.74 Å². The van der Waals surface area contributed by atoms with Gasteiger partial charge < -0.3 is 9.84 Å². The molecule has 0 aliphatic heterocycles. The number of fused-ring (bicyclic) bond motifs is 1. The van der Waals surface area contributed by atoms with Gasteiger partial charge in [-0.15, -0.1) is 0 Å². The molecule has 0 fully saturated rings. The average Bonchev–Trinajstić information content (AvgIpc) is 2.64. The van der Waals surface area contributed by atoms with Gasteiger partial charge in [0.15, 0.2) is 6.10 Å². The lowest BCUT2D eigenvalue weighted by molar-refractivity contribution is -0.127. The Morgan fingerprint density at radius 1 is 1.19 bits per heavy atom. The lowest BCUT2D eigenvalue weighted by Gasteiger charge is -2.14. The Morgan fingerprint density at radius 2 is 1.96 bits per heavy atom. The second kappa shape index (κ2) is 8.01. The van der Waals surface area contributed by atoms with E-state index < -0.39 is 6.10 Å². The molecule has 1 amide bonds. The smallest absolute Gasteiger partial charge is 0.280 e. The standard InChI is InChI=1S/C20H17BrN2O3/c1-13(26-19-8-4-6-14-5-2-3-7-17(14)19)20(25)23-22-12-15-11-16(21)9-10-18(15)24/h2-13,24H,1H3,(H,23,25). The van der Waals surface area contributed by atoms with Crippen molar-refractivity contribution in [1.82, 2.24) is 5.43 Å². The molecule has 0 aromatic heterocycles. The van der Waals surface area contributed by atoms with Gasteiger partial charge in [0.1, 0.15) is 11.5 Å². The van der Waals surface area contributed by atoms with Crippen molar-refractivity contribution in [3.63, 3.8) is 0 Å². The summed E-state index contributed by atoms with van der Waals surface area (Å²) in [5.41, 5.74) is 2.91. The summed E-state index contributed by atoms with van der Waals surface area (Å²) in [6.07, 6.45) is 0.650. The molecule has 0 heterocycles. The number of rotatable bonds is 5. The predicted octanol–water partition coefficient (Wildman–Crippen LogP) is 4.23. The molecule has 132 valence electrons. The summed E-state index contributed by atoms with van der Waals surface area (Å²) >= 11 is 3.32. The molecule has 0 saturated carbocycles. The molecule has 6 heteroatoms. The minimum atomic E-state index is -0.728. The molecule has 26 heavy (non-hydrogen) atoms. The molecule has 0 radical (unpaired) electrons. The highest BCUT2D eigenvalue weighted by atomic mass is 79.9. The molecule has 3 rings (SSSR count). The quantitative estimate of drug-likeness (QED) is 0.486. The first-order chi connectivity index (χ1) is 12.5. The fourth-order valence-corrected chi connectivity index (χ4v) is 2.81. The van der Waals surface area contributed by atoms with E-state index in [2.05, 4.69) is 26.5 Å². The summed E-state index contributed by atoms with van der Waals surface area (Å²) in [6, 6.07) is 18.5. The van der Waals surface area contributed by atoms with Crippen molar-refractivity contribution in [1.29, 1.82) is 0 Å². The third-order valence-electron chi connectivity index (χ3n) is 3.79. The number of carbonyl (C=O) groups excluding carboxylic acids is 1. The van der Waals surface area contributed by atoms with Gasteiger partial charge >= 0.3 is 0 Å². The van der Waals surface area contributed by atoms with Crippen molar-refractivity contribution in [2.75, 3.05) is 0 Å². The number of nitrogens with one attached hydrogen (secondary N) is 1. The number of phenols is 1. The normalized spacial score (nSPS) is 12.2. The molecule has 0 aliphatic rings. The van der Waals surface area contributed by atoms with Crippen LogP contribution in [0.2, 0.25) is 0 Å². The van der Waals surface area contributed by atoms with Crippen LogP contribution in [0.1, 0.15) is 12.5 Å². The molecule has 0 bridgehead atoms. The summed E-state index contributed by atoms with van der Waals surface area (Å²) in [7, 11) is 0. The van der Waals surface area contributed by atoms with E-state index in [1.165, 1.54) is 6.21 Å². The van der Waals surface area contributed by atoms with Crippen LogP contribution < -0.4 is 10.2 Å². The number of amides is 1. The van der Waals surface area contributed by atoms with Crippen molar-refractivity contribution in [3.05, 3.63) is 70.7 Å². The molecule has 0 spiro atoms. The van der Waals surface area contributed by atoms with Crippen molar-refractivity contribution in [3.8, 4) is 11.5 Å². The molecule has 3 aromatic rings. The topological polar surface area (TPSA) is 70.9 Å². The summed E-state index contributed by atoms with van der Waals surface area (Å²) in [4.78, 5) is 12.2. The molecule has 5 nitrogen and oxygen atoms in total. The van der Waals surface area contributed by atoms with Crippen molar-refractivity contribution in [2.24, 2.45) is 5.10 Å². The largest absolute Gasteiger partial charge is 0.507 e. The Kier molecular flexibility index (Phi) is 5.53. The summed E-state index contributed by atoms with van der Waals surface area (Å²) in [5, 5.41) is 15.6. The van der Waals surface area contributed by atoms with Crippen LogP contribution in [0.4, 0.5) is 0 Å². The Bertz CT molecular complexity index is 967. The van der Waals surface area contributed by atoms with Gasteiger partial charge in [-0.2, -0.15) is 5.10 Å². The van der Waals surface area contributed by atoms with Gasteiger partial charge in [-0.1, -0.05) is 52.3 Å². The maximum atomic E-state index is 12.2. The number of nitrogens with zero attached hydrogens (tertiary/aromatic N) is 1. The maximum absolute atomic E-state index is 12.2. The third-order valence-corrected chi connectivity index (χ3v) is 4.28. The highest BCUT2D eigenvalue weighted by molar-refractivity contribution is 9.10. The van der Waals surface area contributed by atoms with Crippen molar-refractivity contribution >= 4 is 38.8 Å². The molecule has 0 aliphatic carbocycles. The van der Waals surface area contributed by atoms with Crippen molar-refractivity contribution in [2.45, 2.75) is 13.0 Å². The fraction of sp³-hybridized carbons (Fsp3) is 0.100. The van der Waals surface area contributed by atoms with E-state index >= 15 is 0 Å². The molecule has 1 atom stereocenters. The van der Waals surface area contributed by atoms with E-state index in [0.29, 0.717) is 11.3 Å². The number of phenolic OH excluding ortho intramolecular Hbond substituents is 1. The van der Waals surface area contributed by atoms with E-state index in [0.717, 1.165) is 15.2 Å². The van der Waals surface area contributed by atoms with Crippen molar-refractivity contribution < 1.29 is 14.6 Å². The van der Waals surface area contributed by atoms with Crippen LogP contribution in [0, 0.1) is 0 Å². The number of aromatic hydroxyl groups is 1. The monoisotopic (exact) mass is 412 g/mol. The van der Waals surface area contributed by atoms with Crippen LogP contribution in [-0.2, 0) is 4.79 Å². The van der Waals surface area contributed by atoms with Gasteiger partial charge in [-0.25, -0.2) is 5.43 Å². The number of hydrazone groups is 1. The van der Waals surface area contributed by atoms with E-state index in [9.17, 15) is 9.90 Å². The molecule has 0 saturated heterocycles. The number of carbonyl (C=O) groups is 1. The average molecular weight is 413 g/mol. The number of halogens is 1. The zero-order valence-corrected chi connectivity index (χ0v) is 15.6. The zero-order valence-electron chi connectivity index (χ0n) is 14.0. The molecule has 3 aromatic carbocycles. The van der Waals surface area contributed by atoms with Gasteiger partial charge in [-0.05, 0) is 36.6 Å². The Morgan fingerprint density at radius 3 is 2.81 bits per heavy atom. The summed E-state index contributed by atoms with van der Waals surface area (Å²) in [6.45, 7) is 1.66. The second-order valence-electron chi connectivity index (χ2n) is 5.67. The fourth-order valence-electron chi connectivity index (χ4n) is 2.43. The number of benzene rings is 3. The third kappa shape index (κ3) is 4.21. The van der Waals surface area contributed by atoms with E-state index in [-0.39, 0.29) is 11.7 Å². The number of hydrogen-bond acceptors (Lipinski definition) is 4. The SMILES string of the molecule is CC(Oc1cccc2ccccc12)C(=O)NN=Cc1cc(Br)ccc1O. The minimum absolute atomic E-state index is 0.0752. The Balaban J connectivity index is 1.66. The molecule has 2 N–H and O–H groups in total. The molecule has 1 unspecified atom stereocenters. The maximum Gasteiger partial charge on any atom is 0.280 e. The Labute approximate surface area is 159 Å². The van der Waals surface area contributed by atoms with Crippen LogP contribution >= 0.6 is 15.9 Å². The first kappa shape index (κ1) is 17.9. The van der Waals surface area contributed by atoms with Gasteiger partial charge in [0.25, 0.3) is 5.91 Å². The number of ether oxygens (including phenoxy) is 1. The second-order valence-corrected chi connectivity index (χ2v) is 6.59. The van der Waals surface area contributed by atoms with E-state index in [1.54, 1.807) is 25.1 Å². The van der Waals surface area contributed by atoms with Gasteiger partial charge in [0.05, 0.1) is 6.21 Å². The van der Waals surface area contributed by atoms with Crippen LogP contribution in [0.15, 0.2) is 70.2 Å². The zero-order chi connectivity index (χ0) is 18.5. The van der Waals surface area contributed by atoms with E-state index in [1.807, 2.05) is 42.5 Å². The molecular weight excluding hydrogens is 396 g/mol. The van der Waals surface area contributed by atoms with Crippen LogP contribution in [0.5, 0.6) is 11.5 Å². The van der Waals surface area contributed by atoms with Gasteiger partial charge in [0.2, 0.25) is 0 Å².